The van der Waals surface area contributed by atoms with Crippen LogP contribution in [0.25, 0.3) is 10.2 Å². The van der Waals surface area contributed by atoms with Crippen LogP contribution < -0.4 is 4.90 Å². The molecule has 0 saturated heterocycles. The number of sulfonamides is 1. The molecule has 2 aromatic carbocycles. The summed E-state index contributed by atoms with van der Waals surface area (Å²) in [4.78, 5) is 22.5. The highest BCUT2D eigenvalue weighted by Gasteiger charge is 2.25. The third-order valence-corrected chi connectivity index (χ3v) is 8.95. The van der Waals surface area contributed by atoms with Crippen molar-refractivity contribution in [2.45, 2.75) is 45.4 Å². The smallest absolute Gasteiger partial charge is 0.260 e. The van der Waals surface area contributed by atoms with Crippen LogP contribution >= 0.6 is 11.3 Å². The SMILES string of the molecule is CCCN(CCC)S(=O)(=O)c1ccc(C(=O)N(CCN(CC)CC)c2nc3ccccc3s2)cc1. The Hall–Kier alpha value is -2.33. The highest BCUT2D eigenvalue weighted by atomic mass is 32.2. The van der Waals surface area contributed by atoms with Crippen LogP contribution in [0, 0.1) is 0 Å². The molecular formula is C26H36N4O3S2. The molecule has 0 N–H and O–H groups in total. The molecule has 0 unspecified atom stereocenters. The number of hydrogen-bond acceptors (Lipinski definition) is 6. The van der Waals surface area contributed by atoms with Crippen molar-refractivity contribution < 1.29 is 13.2 Å². The molecule has 1 heterocycles. The molecule has 35 heavy (non-hydrogen) atoms. The Bertz CT molecular complexity index is 1170. The second-order valence-corrected chi connectivity index (χ2v) is 11.3. The Morgan fingerprint density at radius 2 is 1.49 bits per heavy atom. The number of aromatic nitrogens is 1. The fourth-order valence-electron chi connectivity index (χ4n) is 3.97. The molecular weight excluding hydrogens is 480 g/mol. The van der Waals surface area contributed by atoms with Crippen molar-refractivity contribution in [3.63, 3.8) is 0 Å². The van der Waals surface area contributed by atoms with Crippen molar-refractivity contribution >= 4 is 42.6 Å². The van der Waals surface area contributed by atoms with Gasteiger partial charge in [0.15, 0.2) is 5.13 Å². The zero-order valence-electron chi connectivity index (χ0n) is 21.1. The highest BCUT2D eigenvalue weighted by molar-refractivity contribution is 7.89. The number of carbonyl (C=O) groups excluding carboxylic acids is 1. The van der Waals surface area contributed by atoms with Crippen molar-refractivity contribution in [3.8, 4) is 0 Å². The average Bonchev–Trinajstić information content (AvgIpc) is 3.30. The second-order valence-electron chi connectivity index (χ2n) is 8.38. The van der Waals surface area contributed by atoms with E-state index in [2.05, 4.69) is 18.7 Å². The molecule has 0 saturated carbocycles. The van der Waals surface area contributed by atoms with Gasteiger partial charge in [0.05, 0.1) is 15.1 Å². The Kier molecular flexibility index (Phi) is 9.80. The molecule has 1 aromatic heterocycles. The number of likely N-dealkylation sites (N-methyl/N-ethyl adjacent to an activating group) is 1. The monoisotopic (exact) mass is 516 g/mol. The molecule has 190 valence electrons. The summed E-state index contributed by atoms with van der Waals surface area (Å²) in [5.41, 5.74) is 1.31. The zero-order chi connectivity index (χ0) is 25.4. The minimum absolute atomic E-state index is 0.181. The minimum Gasteiger partial charge on any atom is -0.302 e. The number of fused-ring (bicyclic) bond motifs is 1. The van der Waals surface area contributed by atoms with Gasteiger partial charge in [0.25, 0.3) is 5.91 Å². The van der Waals surface area contributed by atoms with Gasteiger partial charge < -0.3 is 4.90 Å². The van der Waals surface area contributed by atoms with Gasteiger partial charge in [0.1, 0.15) is 0 Å². The largest absolute Gasteiger partial charge is 0.302 e. The molecule has 0 radical (unpaired) electrons. The van der Waals surface area contributed by atoms with Crippen LogP contribution in [-0.4, -0.2) is 67.8 Å². The maximum absolute atomic E-state index is 13.6. The molecule has 0 aliphatic carbocycles. The Morgan fingerprint density at radius 1 is 0.857 bits per heavy atom. The fourth-order valence-corrected chi connectivity index (χ4v) is 6.58. The third kappa shape index (κ3) is 6.46. The normalized spacial score (nSPS) is 12.1. The Balaban J connectivity index is 1.90. The number of rotatable bonds is 13. The number of benzene rings is 2. The van der Waals surface area contributed by atoms with Gasteiger partial charge in [-0.2, -0.15) is 4.31 Å². The average molecular weight is 517 g/mol. The molecule has 3 aromatic rings. The van der Waals surface area contributed by atoms with Crippen molar-refractivity contribution in [1.82, 2.24) is 14.2 Å². The lowest BCUT2D eigenvalue weighted by atomic mass is 10.2. The van der Waals surface area contributed by atoms with Crippen LogP contribution in [-0.2, 0) is 10.0 Å². The van der Waals surface area contributed by atoms with E-state index in [1.54, 1.807) is 29.2 Å². The second kappa shape index (κ2) is 12.6. The van der Waals surface area contributed by atoms with Crippen molar-refractivity contribution in [2.24, 2.45) is 0 Å². The molecule has 0 aliphatic heterocycles. The highest BCUT2D eigenvalue weighted by Crippen LogP contribution is 2.30. The molecule has 0 aliphatic rings. The van der Waals surface area contributed by atoms with Crippen LogP contribution in [0.3, 0.4) is 0 Å². The first-order valence-corrected chi connectivity index (χ1v) is 14.6. The standard InChI is InChI=1S/C26H36N4O3S2/c1-5-17-29(18-6-2)35(32,33)22-15-13-21(14-16-22)25(31)30(20-19-28(7-3)8-4)26-27-23-11-9-10-12-24(23)34-26/h9-16H,5-8,17-20H2,1-4H3. The van der Waals surface area contributed by atoms with E-state index in [9.17, 15) is 13.2 Å². The molecule has 0 bridgehead atoms. The first-order chi connectivity index (χ1) is 16.8. The summed E-state index contributed by atoms with van der Waals surface area (Å²) >= 11 is 1.49. The zero-order valence-corrected chi connectivity index (χ0v) is 22.7. The number of thiazole rings is 1. The molecule has 3 rings (SSSR count). The first-order valence-electron chi connectivity index (χ1n) is 12.4. The van der Waals surface area contributed by atoms with Gasteiger partial charge in [-0.3, -0.25) is 9.69 Å². The number of anilines is 1. The van der Waals surface area contributed by atoms with Crippen LogP contribution in [0.15, 0.2) is 53.4 Å². The van der Waals surface area contributed by atoms with E-state index in [0.29, 0.717) is 30.3 Å². The predicted octanol–water partition coefficient (Wildman–Crippen LogP) is 5.10. The minimum atomic E-state index is -3.59. The van der Waals surface area contributed by atoms with Crippen LogP contribution in [0.1, 0.15) is 50.9 Å². The van der Waals surface area contributed by atoms with Gasteiger partial charge in [0.2, 0.25) is 10.0 Å². The lowest BCUT2D eigenvalue weighted by molar-refractivity contribution is 0.0983. The van der Waals surface area contributed by atoms with E-state index in [-0.39, 0.29) is 10.8 Å². The number of para-hydroxylation sites is 1. The van der Waals surface area contributed by atoms with Gasteiger partial charge in [-0.1, -0.05) is 51.2 Å². The number of carbonyl (C=O) groups is 1. The van der Waals surface area contributed by atoms with E-state index in [1.165, 1.54) is 15.6 Å². The van der Waals surface area contributed by atoms with Crippen LogP contribution in [0.4, 0.5) is 5.13 Å². The molecule has 9 heteroatoms. The summed E-state index contributed by atoms with van der Waals surface area (Å²) in [7, 11) is -3.59. The van der Waals surface area contributed by atoms with Crippen molar-refractivity contribution in [1.29, 1.82) is 0 Å². The van der Waals surface area contributed by atoms with E-state index in [0.717, 1.165) is 42.7 Å². The summed E-state index contributed by atoms with van der Waals surface area (Å²) in [6.07, 6.45) is 1.50. The fraction of sp³-hybridized carbons (Fsp3) is 0.462. The Labute approximate surface area is 213 Å². The predicted molar refractivity (Wildman–Crippen MR) is 145 cm³/mol. The third-order valence-electron chi connectivity index (χ3n) is 5.98. The van der Waals surface area contributed by atoms with Gasteiger partial charge in [-0.25, -0.2) is 13.4 Å². The molecule has 0 fully saturated rings. The summed E-state index contributed by atoms with van der Waals surface area (Å²) in [5.74, 6) is -0.181. The lowest BCUT2D eigenvalue weighted by Gasteiger charge is -2.25. The van der Waals surface area contributed by atoms with Gasteiger partial charge >= 0.3 is 0 Å². The maximum Gasteiger partial charge on any atom is 0.260 e. The van der Waals surface area contributed by atoms with Gasteiger partial charge in [-0.15, -0.1) is 0 Å². The summed E-state index contributed by atoms with van der Waals surface area (Å²) in [5, 5.41) is 0.650. The summed E-state index contributed by atoms with van der Waals surface area (Å²) < 4.78 is 28.8. The van der Waals surface area contributed by atoms with Crippen LogP contribution in [0.5, 0.6) is 0 Å². The quantitative estimate of drug-likeness (QED) is 0.316. The van der Waals surface area contributed by atoms with Gasteiger partial charge in [0, 0.05) is 31.7 Å². The van der Waals surface area contributed by atoms with Crippen molar-refractivity contribution in [3.05, 3.63) is 54.1 Å². The van der Waals surface area contributed by atoms with E-state index in [1.807, 2.05) is 38.1 Å². The van der Waals surface area contributed by atoms with Crippen molar-refractivity contribution in [2.75, 3.05) is 44.2 Å². The number of nitrogens with zero attached hydrogens (tertiary/aromatic N) is 4. The van der Waals surface area contributed by atoms with E-state index < -0.39 is 10.0 Å². The summed E-state index contributed by atoms with van der Waals surface area (Å²) in [6.45, 7) is 12.1. The first kappa shape index (κ1) is 27.3. The Morgan fingerprint density at radius 3 is 2.06 bits per heavy atom. The van der Waals surface area contributed by atoms with Crippen LogP contribution in [0.2, 0.25) is 0 Å². The molecule has 1 amide bonds. The molecule has 7 nitrogen and oxygen atoms in total. The lowest BCUT2D eigenvalue weighted by Crippen LogP contribution is -2.39. The van der Waals surface area contributed by atoms with E-state index >= 15 is 0 Å². The molecule has 0 atom stereocenters. The summed E-state index contributed by atoms with van der Waals surface area (Å²) in [6, 6.07) is 14.2. The topological polar surface area (TPSA) is 73.8 Å². The number of amides is 1. The number of hydrogen-bond donors (Lipinski definition) is 0. The van der Waals surface area contributed by atoms with E-state index in [4.69, 9.17) is 4.98 Å². The maximum atomic E-state index is 13.6. The molecule has 0 spiro atoms. The van der Waals surface area contributed by atoms with Gasteiger partial charge in [-0.05, 0) is 62.3 Å².